The van der Waals surface area contributed by atoms with Gasteiger partial charge in [-0.2, -0.15) is 0 Å². The van der Waals surface area contributed by atoms with Crippen LogP contribution in [0.25, 0.3) is 0 Å². The van der Waals surface area contributed by atoms with Crippen molar-refractivity contribution in [2.75, 3.05) is 13.6 Å². The molecule has 0 saturated heterocycles. The Kier molecular flexibility index (Phi) is 4.30. The summed E-state index contributed by atoms with van der Waals surface area (Å²) in [6.45, 7) is 2.31. The lowest BCUT2D eigenvalue weighted by molar-refractivity contribution is 0.0792. The maximum Gasteiger partial charge on any atom is 0.273 e. The van der Waals surface area contributed by atoms with Crippen molar-refractivity contribution < 1.29 is 4.79 Å². The highest BCUT2D eigenvalue weighted by molar-refractivity contribution is 7.80. The van der Waals surface area contributed by atoms with Crippen LogP contribution >= 0.6 is 12.2 Å². The van der Waals surface area contributed by atoms with Crippen molar-refractivity contribution in [2.45, 2.75) is 13.3 Å². The van der Waals surface area contributed by atoms with Crippen molar-refractivity contribution in [3.8, 4) is 0 Å². The molecule has 86 valence electrons. The normalized spacial score (nSPS) is 9.88. The molecule has 0 fully saturated rings. The molecule has 16 heavy (non-hydrogen) atoms. The zero-order chi connectivity index (χ0) is 12.1. The summed E-state index contributed by atoms with van der Waals surface area (Å²) in [6.07, 6.45) is 3.54. The molecule has 0 aliphatic carbocycles. The van der Waals surface area contributed by atoms with Crippen LogP contribution in [0.4, 0.5) is 0 Å². The van der Waals surface area contributed by atoms with E-state index in [-0.39, 0.29) is 5.91 Å². The number of aryl methyl sites for hydroxylation is 1. The summed E-state index contributed by atoms with van der Waals surface area (Å²) < 4.78 is 0. The fourth-order valence-electron chi connectivity index (χ4n) is 1.08. The SMILES string of the molecule is Cc1cnc(C(=O)N(C)CCC(N)=S)cn1. The van der Waals surface area contributed by atoms with Crippen molar-refractivity contribution in [2.24, 2.45) is 5.73 Å². The van der Waals surface area contributed by atoms with Gasteiger partial charge in [-0.3, -0.25) is 9.78 Å². The van der Waals surface area contributed by atoms with E-state index in [1.807, 2.05) is 6.92 Å². The largest absolute Gasteiger partial charge is 0.393 e. The fourth-order valence-corrected chi connectivity index (χ4v) is 1.17. The number of thiocarbonyl (C=S) groups is 1. The third-order valence-electron chi connectivity index (χ3n) is 2.04. The predicted molar refractivity (Wildman–Crippen MR) is 65.1 cm³/mol. The van der Waals surface area contributed by atoms with Gasteiger partial charge in [0.25, 0.3) is 5.91 Å². The van der Waals surface area contributed by atoms with E-state index in [9.17, 15) is 4.79 Å². The average Bonchev–Trinajstić information content (AvgIpc) is 2.26. The van der Waals surface area contributed by atoms with Gasteiger partial charge in [0.1, 0.15) is 5.69 Å². The second-order valence-electron chi connectivity index (χ2n) is 3.49. The second kappa shape index (κ2) is 5.50. The number of amides is 1. The van der Waals surface area contributed by atoms with E-state index in [1.165, 1.54) is 11.1 Å². The highest BCUT2D eigenvalue weighted by Gasteiger charge is 2.13. The quantitative estimate of drug-likeness (QED) is 0.775. The minimum Gasteiger partial charge on any atom is -0.393 e. The first kappa shape index (κ1) is 12.5. The first-order chi connectivity index (χ1) is 7.50. The summed E-state index contributed by atoms with van der Waals surface area (Å²) in [5.41, 5.74) is 6.47. The molecule has 0 spiro atoms. The van der Waals surface area contributed by atoms with Crippen molar-refractivity contribution in [3.63, 3.8) is 0 Å². The third-order valence-corrected chi connectivity index (χ3v) is 2.24. The average molecular weight is 238 g/mol. The molecule has 6 heteroatoms. The molecule has 0 aliphatic rings. The van der Waals surface area contributed by atoms with Gasteiger partial charge in [0.05, 0.1) is 16.9 Å². The smallest absolute Gasteiger partial charge is 0.273 e. The molecule has 2 N–H and O–H groups in total. The molecule has 0 radical (unpaired) electrons. The first-order valence-electron chi connectivity index (χ1n) is 4.83. The first-order valence-corrected chi connectivity index (χ1v) is 5.24. The van der Waals surface area contributed by atoms with Gasteiger partial charge in [-0.15, -0.1) is 0 Å². The summed E-state index contributed by atoms with van der Waals surface area (Å²) in [5.74, 6) is -0.177. The van der Waals surface area contributed by atoms with E-state index in [2.05, 4.69) is 9.97 Å². The zero-order valence-electron chi connectivity index (χ0n) is 9.30. The van der Waals surface area contributed by atoms with E-state index in [4.69, 9.17) is 18.0 Å². The molecule has 1 rings (SSSR count). The van der Waals surface area contributed by atoms with Gasteiger partial charge in [0.2, 0.25) is 0 Å². The zero-order valence-corrected chi connectivity index (χ0v) is 10.1. The Labute approximate surface area is 99.7 Å². The van der Waals surface area contributed by atoms with E-state index in [1.54, 1.807) is 13.2 Å². The minimum atomic E-state index is -0.177. The van der Waals surface area contributed by atoms with Gasteiger partial charge in [-0.05, 0) is 6.92 Å². The van der Waals surface area contributed by atoms with Crippen molar-refractivity contribution >= 4 is 23.1 Å². The molecule has 0 aromatic carbocycles. The summed E-state index contributed by atoms with van der Waals surface area (Å²) in [7, 11) is 1.68. The van der Waals surface area contributed by atoms with Gasteiger partial charge in [-0.1, -0.05) is 12.2 Å². The van der Waals surface area contributed by atoms with Crippen molar-refractivity contribution in [1.29, 1.82) is 0 Å². The number of aromatic nitrogens is 2. The summed E-state index contributed by atoms with van der Waals surface area (Å²) in [4.78, 5) is 21.8. The number of carbonyl (C=O) groups excluding carboxylic acids is 1. The van der Waals surface area contributed by atoms with Gasteiger partial charge < -0.3 is 10.6 Å². The maximum absolute atomic E-state index is 11.8. The highest BCUT2D eigenvalue weighted by atomic mass is 32.1. The standard InChI is InChI=1S/C10H14N4OS/c1-7-5-13-8(6-12-7)10(15)14(2)4-3-9(11)16/h5-6H,3-4H2,1-2H3,(H2,11,16). The molecule has 1 aromatic heterocycles. The molecule has 0 bridgehead atoms. The molecule has 1 heterocycles. The number of rotatable bonds is 4. The summed E-state index contributed by atoms with van der Waals surface area (Å²) >= 11 is 4.75. The van der Waals surface area contributed by atoms with E-state index < -0.39 is 0 Å². The second-order valence-corrected chi connectivity index (χ2v) is 4.01. The van der Waals surface area contributed by atoms with E-state index >= 15 is 0 Å². The fraction of sp³-hybridized carbons (Fsp3) is 0.400. The van der Waals surface area contributed by atoms with Gasteiger partial charge in [0.15, 0.2) is 0 Å². The molecular formula is C10H14N4OS. The lowest BCUT2D eigenvalue weighted by atomic mass is 10.3. The van der Waals surface area contributed by atoms with Crippen LogP contribution in [-0.4, -0.2) is 39.4 Å². The predicted octanol–water partition coefficient (Wildman–Crippen LogP) is 0.533. The third kappa shape index (κ3) is 3.54. The Hall–Kier alpha value is -1.56. The Morgan fingerprint density at radius 1 is 1.50 bits per heavy atom. The molecule has 0 unspecified atom stereocenters. The van der Waals surface area contributed by atoms with Crippen LogP contribution in [0.1, 0.15) is 22.6 Å². The van der Waals surface area contributed by atoms with Crippen molar-refractivity contribution in [1.82, 2.24) is 14.9 Å². The van der Waals surface area contributed by atoms with Crippen molar-refractivity contribution in [3.05, 3.63) is 23.8 Å². The molecule has 0 saturated carbocycles. The molecule has 0 atom stereocenters. The van der Waals surface area contributed by atoms with E-state index in [0.29, 0.717) is 23.6 Å². The lowest BCUT2D eigenvalue weighted by Gasteiger charge is -2.15. The Bertz CT molecular complexity index is 390. The summed E-state index contributed by atoms with van der Waals surface area (Å²) in [5, 5.41) is 0. The van der Waals surface area contributed by atoms with Crippen LogP contribution in [0.5, 0.6) is 0 Å². The van der Waals surface area contributed by atoms with Gasteiger partial charge in [-0.25, -0.2) is 4.98 Å². The van der Waals surface area contributed by atoms with Crippen LogP contribution in [0.3, 0.4) is 0 Å². The number of nitrogens with zero attached hydrogens (tertiary/aromatic N) is 3. The van der Waals surface area contributed by atoms with Crippen LogP contribution < -0.4 is 5.73 Å². The monoisotopic (exact) mass is 238 g/mol. The lowest BCUT2D eigenvalue weighted by Crippen LogP contribution is -2.30. The molecule has 5 nitrogen and oxygen atoms in total. The van der Waals surface area contributed by atoms with Crippen LogP contribution in [-0.2, 0) is 0 Å². The Balaban J connectivity index is 2.63. The van der Waals surface area contributed by atoms with Crippen LogP contribution in [0.15, 0.2) is 12.4 Å². The number of carbonyl (C=O) groups is 1. The topological polar surface area (TPSA) is 72.1 Å². The Morgan fingerprint density at radius 3 is 2.69 bits per heavy atom. The number of hydrogen-bond donors (Lipinski definition) is 1. The van der Waals surface area contributed by atoms with Gasteiger partial charge in [0, 0.05) is 26.2 Å². The minimum absolute atomic E-state index is 0.177. The van der Waals surface area contributed by atoms with Gasteiger partial charge >= 0.3 is 0 Å². The maximum atomic E-state index is 11.8. The number of hydrogen-bond acceptors (Lipinski definition) is 4. The van der Waals surface area contributed by atoms with Crippen LogP contribution in [0, 0.1) is 6.92 Å². The molecule has 1 aromatic rings. The molecular weight excluding hydrogens is 224 g/mol. The summed E-state index contributed by atoms with van der Waals surface area (Å²) in [6, 6.07) is 0. The van der Waals surface area contributed by atoms with Crippen LogP contribution in [0.2, 0.25) is 0 Å². The highest BCUT2D eigenvalue weighted by Crippen LogP contribution is 2.00. The number of nitrogens with two attached hydrogens (primary N) is 1. The molecule has 0 aliphatic heterocycles. The molecule has 1 amide bonds. The van der Waals surface area contributed by atoms with E-state index in [0.717, 1.165) is 5.69 Å². The Morgan fingerprint density at radius 2 is 2.19 bits per heavy atom.